The molecule has 9 heteroatoms. The fourth-order valence-electron chi connectivity index (χ4n) is 4.52. The van der Waals surface area contributed by atoms with Crippen LogP contribution in [0.4, 0.5) is 0 Å². The van der Waals surface area contributed by atoms with Crippen molar-refractivity contribution < 1.29 is 23.7 Å². The third kappa shape index (κ3) is 3.81. The number of hydrogen-bond donors (Lipinski definition) is 3. The summed E-state index contributed by atoms with van der Waals surface area (Å²) in [5, 5.41) is 17.7. The zero-order valence-corrected chi connectivity index (χ0v) is 20.1. The van der Waals surface area contributed by atoms with Gasteiger partial charge in [-0.25, -0.2) is 4.98 Å². The van der Waals surface area contributed by atoms with Gasteiger partial charge >= 0.3 is 0 Å². The van der Waals surface area contributed by atoms with Crippen LogP contribution in [0.2, 0.25) is 0 Å². The third-order valence-electron chi connectivity index (χ3n) is 6.41. The van der Waals surface area contributed by atoms with Crippen molar-refractivity contribution in [3.05, 3.63) is 76.6 Å². The topological polar surface area (TPSA) is 123 Å². The first-order valence-corrected chi connectivity index (χ1v) is 11.7. The highest BCUT2D eigenvalue weighted by molar-refractivity contribution is 6.15. The highest BCUT2D eigenvalue weighted by Crippen LogP contribution is 2.42. The van der Waals surface area contributed by atoms with Crippen molar-refractivity contribution in [3.63, 3.8) is 0 Å². The van der Waals surface area contributed by atoms with Crippen LogP contribution in [0.15, 0.2) is 70.0 Å². The number of hydrogen-bond acceptors (Lipinski definition) is 7. The van der Waals surface area contributed by atoms with Crippen molar-refractivity contribution in [2.75, 3.05) is 20.8 Å². The smallest absolute Gasteiger partial charge is 0.224 e. The summed E-state index contributed by atoms with van der Waals surface area (Å²) in [5.74, 6) is 1.55. The zero-order chi connectivity index (χ0) is 25.5. The maximum absolute atomic E-state index is 12.0. The minimum atomic E-state index is -0.509. The van der Waals surface area contributed by atoms with Gasteiger partial charge in [-0.2, -0.15) is 0 Å². The summed E-state index contributed by atoms with van der Waals surface area (Å²) in [4.78, 5) is 16.7. The molecular formula is C28H23N3O6. The first kappa shape index (κ1) is 22.5. The number of aromatic amines is 2. The molecule has 0 radical (unpaired) electrons. The van der Waals surface area contributed by atoms with E-state index in [9.17, 15) is 9.90 Å². The molecule has 0 amide bonds. The molecule has 0 bridgehead atoms. The van der Waals surface area contributed by atoms with E-state index >= 15 is 0 Å². The fraction of sp³-hybridized carbons (Fsp3) is 0.143. The van der Waals surface area contributed by atoms with Crippen LogP contribution in [-0.4, -0.2) is 41.1 Å². The van der Waals surface area contributed by atoms with Crippen LogP contribution < -0.4 is 19.6 Å². The van der Waals surface area contributed by atoms with E-state index < -0.39 is 11.2 Å². The molecule has 3 N–H and O–H groups in total. The Morgan fingerprint density at radius 2 is 1.78 bits per heavy atom. The zero-order valence-electron chi connectivity index (χ0n) is 20.1. The molecule has 0 aliphatic heterocycles. The van der Waals surface area contributed by atoms with E-state index in [1.807, 2.05) is 42.5 Å². The Balaban J connectivity index is 1.39. The Morgan fingerprint density at radius 1 is 0.946 bits per heavy atom. The molecule has 0 spiro atoms. The van der Waals surface area contributed by atoms with Gasteiger partial charge < -0.3 is 28.8 Å². The minimum absolute atomic E-state index is 0.110. The number of pyridine rings is 1. The van der Waals surface area contributed by atoms with Crippen molar-refractivity contribution in [1.29, 1.82) is 0 Å². The number of phenolic OH excluding ortho intramolecular Hbond substituents is 1. The van der Waals surface area contributed by atoms with Gasteiger partial charge in [0, 0.05) is 23.6 Å². The second-order valence-corrected chi connectivity index (χ2v) is 8.54. The molecule has 9 nitrogen and oxygen atoms in total. The minimum Gasteiger partial charge on any atom is -0.502 e. The number of nitrogens with one attached hydrogen (secondary N) is 2. The number of benzene rings is 3. The van der Waals surface area contributed by atoms with Gasteiger partial charge in [0.05, 0.1) is 26.2 Å². The summed E-state index contributed by atoms with van der Waals surface area (Å²) in [6.07, 6.45) is 2.51. The molecule has 3 heterocycles. The number of rotatable bonds is 7. The summed E-state index contributed by atoms with van der Waals surface area (Å²) in [6, 6.07) is 16.4. The van der Waals surface area contributed by atoms with Gasteiger partial charge in [0.1, 0.15) is 11.3 Å². The van der Waals surface area contributed by atoms with E-state index in [0.29, 0.717) is 40.2 Å². The van der Waals surface area contributed by atoms with Crippen LogP contribution in [0.25, 0.3) is 44.2 Å². The normalized spacial score (nSPS) is 11.4. The molecule has 0 unspecified atom stereocenters. The lowest BCUT2D eigenvalue weighted by Crippen LogP contribution is -2.03. The number of furan rings is 1. The lowest BCUT2D eigenvalue weighted by molar-refractivity contribution is 0.298. The van der Waals surface area contributed by atoms with Crippen molar-refractivity contribution in [2.45, 2.75) is 6.42 Å². The lowest BCUT2D eigenvalue weighted by Gasteiger charge is -2.13. The quantitative estimate of drug-likeness (QED) is 0.278. The van der Waals surface area contributed by atoms with Crippen molar-refractivity contribution in [3.8, 4) is 34.1 Å². The number of methoxy groups -OCH3 is 2. The van der Waals surface area contributed by atoms with Gasteiger partial charge in [-0.15, -0.1) is 0 Å². The Hall–Kier alpha value is -4.92. The number of nitrogens with zero attached hydrogens (tertiary/aromatic N) is 1. The van der Waals surface area contributed by atoms with Crippen LogP contribution in [0.1, 0.15) is 5.56 Å². The van der Waals surface area contributed by atoms with Gasteiger partial charge in [-0.05, 0) is 47.5 Å². The Kier molecular flexibility index (Phi) is 5.45. The average Bonchev–Trinajstić information content (AvgIpc) is 3.55. The van der Waals surface area contributed by atoms with Gasteiger partial charge in [0.15, 0.2) is 28.3 Å². The molecule has 37 heavy (non-hydrogen) atoms. The first-order valence-electron chi connectivity index (χ1n) is 11.7. The largest absolute Gasteiger partial charge is 0.502 e. The number of aromatic nitrogens is 3. The number of phenols is 1. The molecular weight excluding hydrogens is 474 g/mol. The lowest BCUT2D eigenvalue weighted by atomic mass is 10.0. The highest BCUT2D eigenvalue weighted by atomic mass is 16.5. The average molecular weight is 498 g/mol. The van der Waals surface area contributed by atoms with Gasteiger partial charge in [-0.3, -0.25) is 9.89 Å². The SMILES string of the molecule is COc1ccc(CCOc2ccc(-c3c4c[nH][nH]c4nc4c3oc3c(O)c(=O)ccc34)cc2OC)cc1. The van der Waals surface area contributed by atoms with Crippen LogP contribution in [0.5, 0.6) is 23.0 Å². The van der Waals surface area contributed by atoms with E-state index in [4.69, 9.17) is 18.6 Å². The summed E-state index contributed by atoms with van der Waals surface area (Å²) >= 11 is 0. The fourth-order valence-corrected chi connectivity index (χ4v) is 4.52. The predicted octanol–water partition coefficient (Wildman–Crippen LogP) is 5.16. The molecule has 0 aliphatic rings. The van der Waals surface area contributed by atoms with E-state index in [-0.39, 0.29) is 5.58 Å². The Bertz CT molecular complexity index is 1810. The molecule has 0 saturated heterocycles. The third-order valence-corrected chi connectivity index (χ3v) is 6.41. The number of aromatic hydroxyl groups is 1. The molecule has 0 aliphatic carbocycles. The molecule has 0 atom stereocenters. The van der Waals surface area contributed by atoms with Crippen LogP contribution in [0.3, 0.4) is 0 Å². The number of fused-ring (bicyclic) bond motifs is 4. The van der Waals surface area contributed by atoms with Gasteiger partial charge in [0.25, 0.3) is 0 Å². The molecule has 0 saturated carbocycles. The summed E-state index contributed by atoms with van der Waals surface area (Å²) < 4.78 is 22.9. The monoisotopic (exact) mass is 497 g/mol. The van der Waals surface area contributed by atoms with Crippen LogP contribution in [-0.2, 0) is 6.42 Å². The van der Waals surface area contributed by atoms with Crippen molar-refractivity contribution in [2.24, 2.45) is 0 Å². The van der Waals surface area contributed by atoms with E-state index in [2.05, 4.69) is 15.2 Å². The molecule has 3 aromatic carbocycles. The number of H-pyrrole nitrogens is 2. The van der Waals surface area contributed by atoms with Crippen molar-refractivity contribution >= 4 is 33.1 Å². The summed E-state index contributed by atoms with van der Waals surface area (Å²) in [6.45, 7) is 0.471. The molecule has 0 fully saturated rings. The van der Waals surface area contributed by atoms with E-state index in [0.717, 1.165) is 34.2 Å². The maximum atomic E-state index is 12.0. The predicted molar refractivity (Wildman–Crippen MR) is 140 cm³/mol. The van der Waals surface area contributed by atoms with Crippen LogP contribution >= 0.6 is 0 Å². The second-order valence-electron chi connectivity index (χ2n) is 8.54. The standard InChI is InChI=1S/C28H23N3O6/c1-34-17-6-3-15(4-7-17)11-12-36-21-10-5-16(13-22(21)35-2)23-19-14-29-31-28(19)30-24-18-8-9-20(32)25(33)26(18)37-27(23)24/h3-10,13-14,33H,11-12H2,1-2H3,(H2,29,30,31). The molecule has 186 valence electrons. The van der Waals surface area contributed by atoms with Gasteiger partial charge in [-0.1, -0.05) is 18.2 Å². The first-order chi connectivity index (χ1) is 18.1. The van der Waals surface area contributed by atoms with Gasteiger partial charge in [0.2, 0.25) is 11.2 Å². The summed E-state index contributed by atoms with van der Waals surface area (Å²) in [5.41, 5.74) is 3.86. The van der Waals surface area contributed by atoms with E-state index in [1.165, 1.54) is 6.07 Å². The van der Waals surface area contributed by atoms with Crippen molar-refractivity contribution in [1.82, 2.24) is 15.2 Å². The summed E-state index contributed by atoms with van der Waals surface area (Å²) in [7, 11) is 3.23. The Labute approximate surface area is 210 Å². The second kappa shape index (κ2) is 8.94. The van der Waals surface area contributed by atoms with Crippen LogP contribution in [0, 0.1) is 0 Å². The molecule has 3 aromatic heterocycles. The van der Waals surface area contributed by atoms with E-state index in [1.54, 1.807) is 26.5 Å². The Morgan fingerprint density at radius 3 is 2.57 bits per heavy atom. The highest BCUT2D eigenvalue weighted by Gasteiger charge is 2.22. The molecule has 6 aromatic rings. The number of ether oxygens (including phenoxy) is 3. The maximum Gasteiger partial charge on any atom is 0.224 e. The molecule has 6 rings (SSSR count).